The molecule has 6 heteroatoms. The van der Waals surface area contributed by atoms with E-state index in [2.05, 4.69) is 26.1 Å². The van der Waals surface area contributed by atoms with E-state index in [1.807, 2.05) is 60.7 Å². The van der Waals surface area contributed by atoms with Gasteiger partial charge in [0.05, 0.1) is 0 Å². The lowest BCUT2D eigenvalue weighted by atomic mass is 9.94. The number of nitrogens with two attached hydrogens (primary N) is 1. The van der Waals surface area contributed by atoms with E-state index in [4.69, 9.17) is 10.3 Å². The van der Waals surface area contributed by atoms with Crippen molar-refractivity contribution in [3.63, 3.8) is 0 Å². The monoisotopic (exact) mass is 429 g/mol. The van der Waals surface area contributed by atoms with Crippen molar-refractivity contribution in [1.82, 2.24) is 10.1 Å². The fourth-order valence-corrected chi connectivity index (χ4v) is 3.21. The standard InChI is InChI=1S/C20H16BrN3O.ClH/c21-13-9-10-14(23-12-13)11-18(22)15-5-1-2-6-16(15)20-17-7-3-4-8-19(17)25-24-20;/h1-10,12,18H,11,22H2;1H. The molecule has 132 valence electrons. The van der Waals surface area contributed by atoms with Crippen LogP contribution in [0.5, 0.6) is 0 Å². The number of nitrogens with zero attached hydrogens (tertiary/aromatic N) is 2. The van der Waals surface area contributed by atoms with Crippen LogP contribution in [0.4, 0.5) is 0 Å². The molecular weight excluding hydrogens is 414 g/mol. The molecule has 0 aliphatic carbocycles. The van der Waals surface area contributed by atoms with Gasteiger partial charge in [0.25, 0.3) is 0 Å². The van der Waals surface area contributed by atoms with E-state index in [9.17, 15) is 0 Å². The van der Waals surface area contributed by atoms with Crippen molar-refractivity contribution in [1.29, 1.82) is 0 Å². The Kier molecular flexibility index (Phi) is 5.71. The fraction of sp³-hybridized carbons (Fsp3) is 0.100. The molecule has 0 saturated heterocycles. The van der Waals surface area contributed by atoms with Gasteiger partial charge in [-0.15, -0.1) is 12.4 Å². The van der Waals surface area contributed by atoms with Gasteiger partial charge in [-0.1, -0.05) is 41.6 Å². The van der Waals surface area contributed by atoms with E-state index < -0.39 is 0 Å². The third-order valence-electron chi connectivity index (χ3n) is 4.21. The number of hydrogen-bond donors (Lipinski definition) is 1. The predicted octanol–water partition coefficient (Wildman–Crippen LogP) is 5.32. The molecule has 0 aliphatic rings. The van der Waals surface area contributed by atoms with E-state index in [-0.39, 0.29) is 18.4 Å². The molecule has 2 aromatic carbocycles. The molecule has 0 radical (unpaired) electrons. The maximum absolute atomic E-state index is 6.51. The second kappa shape index (κ2) is 7.99. The Morgan fingerprint density at radius 3 is 2.58 bits per heavy atom. The Morgan fingerprint density at radius 2 is 1.77 bits per heavy atom. The van der Waals surface area contributed by atoms with Gasteiger partial charge >= 0.3 is 0 Å². The highest BCUT2D eigenvalue weighted by Crippen LogP contribution is 2.33. The number of pyridine rings is 1. The summed E-state index contributed by atoms with van der Waals surface area (Å²) in [5.74, 6) is 0. The third kappa shape index (κ3) is 3.65. The topological polar surface area (TPSA) is 64.9 Å². The Morgan fingerprint density at radius 1 is 1.00 bits per heavy atom. The zero-order valence-corrected chi connectivity index (χ0v) is 16.2. The Balaban J connectivity index is 0.00000196. The zero-order valence-electron chi connectivity index (χ0n) is 13.8. The van der Waals surface area contributed by atoms with Crippen molar-refractivity contribution in [3.8, 4) is 11.3 Å². The van der Waals surface area contributed by atoms with Gasteiger partial charge in [0.1, 0.15) is 5.69 Å². The summed E-state index contributed by atoms with van der Waals surface area (Å²) in [6, 6.07) is 19.7. The average molecular weight is 431 g/mol. The van der Waals surface area contributed by atoms with Crippen molar-refractivity contribution < 1.29 is 4.52 Å². The van der Waals surface area contributed by atoms with E-state index in [1.165, 1.54) is 0 Å². The molecule has 4 rings (SSSR count). The molecule has 4 nitrogen and oxygen atoms in total. The summed E-state index contributed by atoms with van der Waals surface area (Å²) >= 11 is 3.40. The number of rotatable bonds is 4. The average Bonchev–Trinajstić information content (AvgIpc) is 3.07. The summed E-state index contributed by atoms with van der Waals surface area (Å²) in [5, 5.41) is 5.26. The Labute approximate surface area is 166 Å². The number of para-hydroxylation sites is 1. The quantitative estimate of drug-likeness (QED) is 0.476. The van der Waals surface area contributed by atoms with Crippen LogP contribution in [0.3, 0.4) is 0 Å². The van der Waals surface area contributed by atoms with Crippen molar-refractivity contribution in [2.75, 3.05) is 0 Å². The summed E-state index contributed by atoms with van der Waals surface area (Å²) in [4.78, 5) is 4.43. The van der Waals surface area contributed by atoms with Crippen LogP contribution < -0.4 is 5.73 Å². The zero-order chi connectivity index (χ0) is 17.2. The maximum Gasteiger partial charge on any atom is 0.167 e. The predicted molar refractivity (Wildman–Crippen MR) is 109 cm³/mol. The fourth-order valence-electron chi connectivity index (χ4n) is 2.98. The third-order valence-corrected chi connectivity index (χ3v) is 4.68. The number of benzene rings is 2. The van der Waals surface area contributed by atoms with Gasteiger partial charge in [0.15, 0.2) is 5.58 Å². The van der Waals surface area contributed by atoms with Gasteiger partial charge in [-0.2, -0.15) is 0 Å². The first kappa shape index (κ1) is 18.6. The summed E-state index contributed by atoms with van der Waals surface area (Å²) < 4.78 is 6.42. The Bertz CT molecular complexity index is 1020. The van der Waals surface area contributed by atoms with E-state index in [0.29, 0.717) is 6.42 Å². The lowest BCUT2D eigenvalue weighted by Gasteiger charge is -2.15. The van der Waals surface area contributed by atoms with Crippen LogP contribution in [-0.2, 0) is 6.42 Å². The molecule has 0 fully saturated rings. The summed E-state index contributed by atoms with van der Waals surface area (Å²) in [6.45, 7) is 0. The van der Waals surface area contributed by atoms with Gasteiger partial charge < -0.3 is 10.3 Å². The molecule has 0 spiro atoms. The molecule has 26 heavy (non-hydrogen) atoms. The van der Waals surface area contributed by atoms with Crippen LogP contribution in [0.1, 0.15) is 17.3 Å². The smallest absolute Gasteiger partial charge is 0.167 e. The molecule has 4 aromatic rings. The molecule has 1 unspecified atom stereocenters. The van der Waals surface area contributed by atoms with Crippen molar-refractivity contribution in [2.45, 2.75) is 12.5 Å². The molecule has 0 aliphatic heterocycles. The van der Waals surface area contributed by atoms with Gasteiger partial charge in [-0.3, -0.25) is 4.98 Å². The number of aromatic nitrogens is 2. The second-order valence-corrected chi connectivity index (χ2v) is 6.81. The van der Waals surface area contributed by atoms with E-state index >= 15 is 0 Å². The minimum Gasteiger partial charge on any atom is -0.356 e. The van der Waals surface area contributed by atoms with Gasteiger partial charge in [0.2, 0.25) is 0 Å². The van der Waals surface area contributed by atoms with Crippen LogP contribution in [0.2, 0.25) is 0 Å². The molecule has 0 amide bonds. The van der Waals surface area contributed by atoms with E-state index in [1.54, 1.807) is 6.20 Å². The van der Waals surface area contributed by atoms with Gasteiger partial charge in [-0.05, 0) is 45.8 Å². The molecule has 0 saturated carbocycles. The van der Waals surface area contributed by atoms with Crippen LogP contribution in [0.25, 0.3) is 22.2 Å². The summed E-state index contributed by atoms with van der Waals surface area (Å²) in [7, 11) is 0. The largest absolute Gasteiger partial charge is 0.356 e. The first-order valence-corrected chi connectivity index (χ1v) is 8.81. The molecule has 0 bridgehead atoms. The minimum atomic E-state index is -0.180. The highest BCUT2D eigenvalue weighted by atomic mass is 79.9. The molecule has 2 heterocycles. The molecular formula is C20H17BrClN3O. The van der Waals surface area contributed by atoms with E-state index in [0.717, 1.165) is 38.0 Å². The normalized spacial score (nSPS) is 11.9. The number of hydrogen-bond acceptors (Lipinski definition) is 4. The highest BCUT2D eigenvalue weighted by Gasteiger charge is 2.17. The first-order valence-electron chi connectivity index (χ1n) is 8.02. The molecule has 2 aromatic heterocycles. The number of halogens is 2. The summed E-state index contributed by atoms with van der Waals surface area (Å²) in [5.41, 5.74) is 11.1. The SMILES string of the molecule is Cl.NC(Cc1ccc(Br)cn1)c1ccccc1-c1noc2ccccc12. The van der Waals surface area contributed by atoms with Crippen molar-refractivity contribution in [2.24, 2.45) is 5.73 Å². The first-order chi connectivity index (χ1) is 12.2. The second-order valence-electron chi connectivity index (χ2n) is 5.89. The van der Waals surface area contributed by atoms with Gasteiger partial charge in [-0.25, -0.2) is 0 Å². The summed E-state index contributed by atoms with van der Waals surface area (Å²) in [6.07, 6.45) is 2.44. The number of fused-ring (bicyclic) bond motifs is 1. The minimum absolute atomic E-state index is 0. The van der Waals surface area contributed by atoms with Crippen LogP contribution in [0.15, 0.2) is 75.9 Å². The van der Waals surface area contributed by atoms with Gasteiger partial charge in [0, 0.05) is 39.8 Å². The Hall–Kier alpha value is -2.21. The van der Waals surface area contributed by atoms with Crippen LogP contribution >= 0.6 is 28.3 Å². The highest BCUT2D eigenvalue weighted by molar-refractivity contribution is 9.10. The van der Waals surface area contributed by atoms with Crippen LogP contribution in [0, 0.1) is 0 Å². The van der Waals surface area contributed by atoms with Crippen molar-refractivity contribution in [3.05, 3.63) is 82.6 Å². The van der Waals surface area contributed by atoms with Crippen LogP contribution in [-0.4, -0.2) is 10.1 Å². The lowest BCUT2D eigenvalue weighted by Crippen LogP contribution is -2.15. The molecule has 1 atom stereocenters. The lowest BCUT2D eigenvalue weighted by molar-refractivity contribution is 0.459. The maximum atomic E-state index is 6.51. The van der Waals surface area contributed by atoms with Crippen molar-refractivity contribution >= 4 is 39.3 Å². The molecule has 2 N–H and O–H groups in total.